The maximum atomic E-state index is 14.0. The van der Waals surface area contributed by atoms with Gasteiger partial charge in [-0.15, -0.1) is 0 Å². The van der Waals surface area contributed by atoms with Crippen LogP contribution in [0.4, 0.5) is 0 Å². The molecule has 2 saturated carbocycles. The fourth-order valence-electron chi connectivity index (χ4n) is 7.37. The smallest absolute Gasteiger partial charge is 0.328 e. The van der Waals surface area contributed by atoms with Gasteiger partial charge in [0.25, 0.3) is 5.91 Å². The van der Waals surface area contributed by atoms with Crippen LogP contribution in [0.15, 0.2) is 60.8 Å². The highest BCUT2D eigenvalue weighted by Gasteiger charge is 2.44. The van der Waals surface area contributed by atoms with Crippen molar-refractivity contribution in [3.8, 4) is 11.4 Å². The first kappa shape index (κ1) is 29.3. The third-order valence-electron chi connectivity index (χ3n) is 9.80. The summed E-state index contributed by atoms with van der Waals surface area (Å²) in [5.74, 6) is 0.145. The number of carboxylic acid groups (broad SMARTS) is 1. The van der Waals surface area contributed by atoms with E-state index >= 15 is 0 Å². The van der Waals surface area contributed by atoms with Crippen LogP contribution in [0, 0.1) is 0 Å². The molecule has 0 atom stereocenters. The van der Waals surface area contributed by atoms with Gasteiger partial charge in [0.1, 0.15) is 5.82 Å². The monoisotopic (exact) mass is 621 g/mol. The van der Waals surface area contributed by atoms with Gasteiger partial charge in [-0.3, -0.25) is 9.78 Å². The summed E-state index contributed by atoms with van der Waals surface area (Å²) < 4.78 is 4.21. The minimum atomic E-state index is -0.992. The molecule has 1 amide bonds. The molecule has 0 bridgehead atoms. The van der Waals surface area contributed by atoms with Crippen molar-refractivity contribution in [1.82, 2.24) is 24.4 Å². The Hall–Kier alpha value is -4.43. The number of hydrogen-bond donors (Lipinski definition) is 2. The van der Waals surface area contributed by atoms with Gasteiger partial charge in [0.05, 0.1) is 33.0 Å². The summed E-state index contributed by atoms with van der Waals surface area (Å²) in [5, 5.41) is 14.2. The Morgan fingerprint density at radius 2 is 1.78 bits per heavy atom. The highest BCUT2D eigenvalue weighted by molar-refractivity contribution is 6.30. The van der Waals surface area contributed by atoms with Crippen molar-refractivity contribution in [2.45, 2.75) is 62.8 Å². The molecule has 45 heavy (non-hydrogen) atoms. The van der Waals surface area contributed by atoms with Crippen LogP contribution < -0.4 is 5.32 Å². The number of fused-ring (bicyclic) bond motifs is 2. The lowest BCUT2D eigenvalue weighted by Crippen LogP contribution is -2.52. The lowest BCUT2D eigenvalue weighted by Gasteiger charge is -2.41. The van der Waals surface area contributed by atoms with Gasteiger partial charge in [0, 0.05) is 42.8 Å². The van der Waals surface area contributed by atoms with Crippen LogP contribution in [0.3, 0.4) is 0 Å². The standard InChI is InChI=1S/C36H36ClN5O3/c1-41-29-20-24(11-13-26(29)32(23-7-4-3-5-8-23)33(41)28-15-12-25(37)21-38-28)34(45)40-36(17-6-18-36)35-39-27-14-9-22(10-16-31(43)44)19-30(27)42(35)2/h9-16,19-21,23H,3-8,17-18H2,1-2H3,(H,40,45)(H,43,44)/b16-10+. The van der Waals surface area contributed by atoms with Gasteiger partial charge in [-0.25, -0.2) is 9.78 Å². The van der Waals surface area contributed by atoms with E-state index in [0.29, 0.717) is 16.5 Å². The molecule has 2 N–H and O–H groups in total. The molecule has 0 saturated heterocycles. The van der Waals surface area contributed by atoms with Gasteiger partial charge >= 0.3 is 5.97 Å². The van der Waals surface area contributed by atoms with Gasteiger partial charge in [-0.1, -0.05) is 43.0 Å². The first-order valence-electron chi connectivity index (χ1n) is 15.7. The number of amides is 1. The average Bonchev–Trinajstić information content (AvgIpc) is 3.51. The van der Waals surface area contributed by atoms with E-state index in [1.165, 1.54) is 30.2 Å². The number of halogens is 1. The van der Waals surface area contributed by atoms with E-state index in [9.17, 15) is 9.59 Å². The van der Waals surface area contributed by atoms with Crippen molar-refractivity contribution in [2.24, 2.45) is 14.1 Å². The van der Waals surface area contributed by atoms with Crippen molar-refractivity contribution in [1.29, 1.82) is 0 Å². The molecule has 0 unspecified atom stereocenters. The topological polar surface area (TPSA) is 102 Å². The van der Waals surface area contributed by atoms with Crippen molar-refractivity contribution < 1.29 is 14.7 Å². The van der Waals surface area contributed by atoms with E-state index in [0.717, 1.165) is 77.5 Å². The van der Waals surface area contributed by atoms with Crippen LogP contribution in [0.2, 0.25) is 5.02 Å². The molecule has 2 fully saturated rings. The second-order valence-corrected chi connectivity index (χ2v) is 13.0. The molecule has 8 nitrogen and oxygen atoms in total. The molecule has 0 aliphatic heterocycles. The Balaban J connectivity index is 1.24. The van der Waals surface area contributed by atoms with Gasteiger partial charge in [-0.05, 0) is 91.6 Å². The number of rotatable bonds is 7. The van der Waals surface area contributed by atoms with E-state index in [-0.39, 0.29) is 5.91 Å². The van der Waals surface area contributed by atoms with Crippen LogP contribution >= 0.6 is 11.6 Å². The zero-order chi connectivity index (χ0) is 31.3. The van der Waals surface area contributed by atoms with Crippen LogP contribution in [-0.4, -0.2) is 36.1 Å². The summed E-state index contributed by atoms with van der Waals surface area (Å²) >= 11 is 6.20. The number of carbonyl (C=O) groups excluding carboxylic acids is 1. The Kier molecular flexibility index (Phi) is 7.48. The maximum absolute atomic E-state index is 14.0. The molecule has 3 aromatic heterocycles. The Morgan fingerprint density at radius 3 is 2.47 bits per heavy atom. The lowest BCUT2D eigenvalue weighted by molar-refractivity contribution is -0.131. The van der Waals surface area contributed by atoms with E-state index < -0.39 is 11.5 Å². The van der Waals surface area contributed by atoms with Gasteiger partial charge < -0.3 is 19.6 Å². The summed E-state index contributed by atoms with van der Waals surface area (Å²) in [6.45, 7) is 0. The molecule has 230 valence electrons. The normalized spacial score (nSPS) is 16.8. The largest absolute Gasteiger partial charge is 0.478 e. The van der Waals surface area contributed by atoms with E-state index in [1.54, 1.807) is 12.3 Å². The number of aliphatic carboxylic acids is 1. The molecule has 0 radical (unpaired) electrons. The SMILES string of the molecule is Cn1c(C2(NC(=O)c3ccc4c(C5CCCCC5)c(-c5ccc(Cl)cn5)n(C)c4c3)CCC2)nc2ccc(/C=C/C(=O)O)cc21. The fraction of sp³-hybridized carbons (Fsp3) is 0.333. The first-order valence-corrected chi connectivity index (χ1v) is 16.1. The molecular formula is C36H36ClN5O3. The third-order valence-corrected chi connectivity index (χ3v) is 10.0. The Morgan fingerprint density at radius 1 is 0.978 bits per heavy atom. The fourth-order valence-corrected chi connectivity index (χ4v) is 7.48. The number of aryl methyl sites for hydroxylation is 2. The van der Waals surface area contributed by atoms with E-state index in [2.05, 4.69) is 23.0 Å². The number of benzene rings is 2. The summed E-state index contributed by atoms with van der Waals surface area (Å²) in [4.78, 5) is 34.6. The highest BCUT2D eigenvalue weighted by Crippen LogP contribution is 2.44. The molecule has 0 spiro atoms. The lowest BCUT2D eigenvalue weighted by atomic mass is 9.75. The van der Waals surface area contributed by atoms with Crippen LogP contribution in [0.1, 0.15) is 84.6 Å². The van der Waals surface area contributed by atoms with Gasteiger partial charge in [0.2, 0.25) is 0 Å². The molecule has 2 aromatic carbocycles. The number of imidazole rings is 1. The van der Waals surface area contributed by atoms with Crippen LogP contribution in [-0.2, 0) is 24.4 Å². The minimum absolute atomic E-state index is 0.125. The first-order chi connectivity index (χ1) is 21.7. The molecule has 7 rings (SSSR count). The van der Waals surface area contributed by atoms with E-state index in [1.807, 2.05) is 54.1 Å². The Bertz CT molecular complexity index is 1980. The molecule has 5 aromatic rings. The van der Waals surface area contributed by atoms with Gasteiger partial charge in [-0.2, -0.15) is 0 Å². The predicted octanol–water partition coefficient (Wildman–Crippen LogP) is 7.74. The van der Waals surface area contributed by atoms with Crippen molar-refractivity contribution in [3.05, 3.63) is 88.3 Å². The molecule has 3 heterocycles. The number of carbonyl (C=O) groups is 2. The van der Waals surface area contributed by atoms with E-state index in [4.69, 9.17) is 26.7 Å². The number of aromatic nitrogens is 4. The maximum Gasteiger partial charge on any atom is 0.328 e. The zero-order valence-corrected chi connectivity index (χ0v) is 26.3. The zero-order valence-electron chi connectivity index (χ0n) is 25.5. The van der Waals surface area contributed by atoms with Crippen LogP contribution in [0.25, 0.3) is 39.4 Å². The number of nitrogens with one attached hydrogen (secondary N) is 1. The van der Waals surface area contributed by atoms with Crippen molar-refractivity contribution in [3.63, 3.8) is 0 Å². The predicted molar refractivity (Wildman–Crippen MR) is 177 cm³/mol. The molecule has 2 aliphatic rings. The number of hydrogen-bond acceptors (Lipinski definition) is 4. The molecule has 9 heteroatoms. The average molecular weight is 622 g/mol. The second-order valence-electron chi connectivity index (χ2n) is 12.6. The highest BCUT2D eigenvalue weighted by atomic mass is 35.5. The third kappa shape index (κ3) is 5.21. The minimum Gasteiger partial charge on any atom is -0.478 e. The number of nitrogens with zero attached hydrogens (tertiary/aromatic N) is 4. The summed E-state index contributed by atoms with van der Waals surface area (Å²) in [5.41, 5.74) is 6.84. The second kappa shape index (κ2) is 11.5. The quantitative estimate of drug-likeness (QED) is 0.181. The number of pyridine rings is 1. The number of carboxylic acids is 1. The molecule has 2 aliphatic carbocycles. The van der Waals surface area contributed by atoms with Gasteiger partial charge in [0.15, 0.2) is 0 Å². The summed E-state index contributed by atoms with van der Waals surface area (Å²) in [7, 11) is 4.02. The van der Waals surface area contributed by atoms with Crippen molar-refractivity contribution in [2.75, 3.05) is 0 Å². The molecular weight excluding hydrogens is 586 g/mol. The Labute approximate surface area is 266 Å². The van der Waals surface area contributed by atoms with Crippen molar-refractivity contribution >= 4 is 51.5 Å². The van der Waals surface area contributed by atoms with Crippen LogP contribution in [0.5, 0.6) is 0 Å². The summed E-state index contributed by atoms with van der Waals surface area (Å²) in [6, 6.07) is 15.6. The summed E-state index contributed by atoms with van der Waals surface area (Å²) in [6.07, 6.45) is 13.0.